The molecule has 0 aliphatic carbocycles. The van der Waals surface area contributed by atoms with Crippen molar-refractivity contribution >= 4 is 10.0 Å². The van der Waals surface area contributed by atoms with E-state index >= 15 is 0 Å². The van der Waals surface area contributed by atoms with Gasteiger partial charge in [0.15, 0.2) is 0 Å². The average molecular weight is 297 g/mol. The molecule has 3 N–H and O–H groups in total. The van der Waals surface area contributed by atoms with Gasteiger partial charge >= 0.3 is 0 Å². The highest BCUT2D eigenvalue weighted by molar-refractivity contribution is 7.89. The number of hydrogen-bond donors (Lipinski definition) is 2. The Morgan fingerprint density at radius 3 is 2.30 bits per heavy atom. The summed E-state index contributed by atoms with van der Waals surface area (Å²) in [5.41, 5.74) is 6.37. The molecule has 1 fully saturated rings. The zero-order valence-corrected chi connectivity index (χ0v) is 12.9. The number of benzene rings is 1. The standard InChI is InChI=1S/C14H23N3O2S/c1-12-3-5-13(6-4-12)20(18,19)16-14(11-15)7-9-17(2)10-8-14/h3-6,16H,7-11,15H2,1-2H3. The van der Waals surface area contributed by atoms with Gasteiger partial charge in [-0.1, -0.05) is 17.7 Å². The molecule has 1 aliphatic heterocycles. The van der Waals surface area contributed by atoms with Crippen LogP contribution in [0.15, 0.2) is 29.2 Å². The molecular formula is C14H23N3O2S. The second kappa shape index (κ2) is 5.81. The molecule has 0 bridgehead atoms. The van der Waals surface area contributed by atoms with E-state index in [1.165, 1.54) is 0 Å². The van der Waals surface area contributed by atoms with Crippen molar-refractivity contribution in [3.05, 3.63) is 29.8 Å². The molecule has 1 aliphatic rings. The van der Waals surface area contributed by atoms with E-state index in [-0.39, 0.29) is 0 Å². The lowest BCUT2D eigenvalue weighted by atomic mass is 9.89. The predicted octanol–water partition coefficient (Wildman–Crippen LogP) is 0.696. The highest BCUT2D eigenvalue weighted by Gasteiger charge is 2.36. The maximum Gasteiger partial charge on any atom is 0.241 e. The fourth-order valence-corrected chi connectivity index (χ4v) is 3.93. The summed E-state index contributed by atoms with van der Waals surface area (Å²) >= 11 is 0. The number of aryl methyl sites for hydroxylation is 1. The molecule has 1 heterocycles. The summed E-state index contributed by atoms with van der Waals surface area (Å²) in [6.45, 7) is 3.97. The van der Waals surface area contributed by atoms with Gasteiger partial charge in [0.1, 0.15) is 0 Å². The minimum Gasteiger partial charge on any atom is -0.329 e. The number of piperidine rings is 1. The SMILES string of the molecule is Cc1ccc(S(=O)(=O)NC2(CN)CCN(C)CC2)cc1. The van der Waals surface area contributed by atoms with Crippen LogP contribution in [0.3, 0.4) is 0 Å². The van der Waals surface area contributed by atoms with Gasteiger partial charge in [-0.05, 0) is 52.0 Å². The van der Waals surface area contributed by atoms with Gasteiger partial charge in [0.05, 0.1) is 4.90 Å². The van der Waals surface area contributed by atoms with Crippen LogP contribution in [0.1, 0.15) is 18.4 Å². The fourth-order valence-electron chi connectivity index (χ4n) is 2.46. The van der Waals surface area contributed by atoms with E-state index in [2.05, 4.69) is 9.62 Å². The maximum atomic E-state index is 12.5. The zero-order valence-electron chi connectivity index (χ0n) is 12.1. The van der Waals surface area contributed by atoms with Crippen LogP contribution < -0.4 is 10.5 Å². The molecule has 0 radical (unpaired) electrons. The van der Waals surface area contributed by atoms with E-state index in [0.29, 0.717) is 11.4 Å². The van der Waals surface area contributed by atoms with Crippen molar-refractivity contribution < 1.29 is 8.42 Å². The third kappa shape index (κ3) is 3.38. The molecule has 5 nitrogen and oxygen atoms in total. The summed E-state index contributed by atoms with van der Waals surface area (Å²) in [7, 11) is -1.48. The van der Waals surface area contributed by atoms with Crippen molar-refractivity contribution in [3.63, 3.8) is 0 Å². The Balaban J connectivity index is 2.20. The quantitative estimate of drug-likeness (QED) is 0.857. The molecule has 112 valence electrons. The molecule has 2 rings (SSSR count). The first-order valence-corrected chi connectivity index (χ1v) is 8.34. The maximum absolute atomic E-state index is 12.5. The number of nitrogens with two attached hydrogens (primary N) is 1. The second-order valence-corrected chi connectivity index (χ2v) is 7.39. The Kier molecular flexibility index (Phi) is 4.49. The Morgan fingerprint density at radius 2 is 1.80 bits per heavy atom. The van der Waals surface area contributed by atoms with Crippen LogP contribution in [0.4, 0.5) is 0 Å². The number of nitrogens with zero attached hydrogens (tertiary/aromatic N) is 1. The van der Waals surface area contributed by atoms with Gasteiger partial charge in [0.2, 0.25) is 10.0 Å². The van der Waals surface area contributed by atoms with Crippen LogP contribution in [0.25, 0.3) is 0 Å². The number of rotatable bonds is 4. The van der Waals surface area contributed by atoms with E-state index in [1.807, 2.05) is 14.0 Å². The van der Waals surface area contributed by atoms with Crippen molar-refractivity contribution in [1.29, 1.82) is 0 Å². The van der Waals surface area contributed by atoms with Crippen LogP contribution in [-0.4, -0.2) is 45.5 Å². The minimum atomic E-state index is -3.51. The number of hydrogen-bond acceptors (Lipinski definition) is 4. The highest BCUT2D eigenvalue weighted by Crippen LogP contribution is 2.23. The number of sulfonamides is 1. The molecule has 0 atom stereocenters. The summed E-state index contributed by atoms with van der Waals surface area (Å²) < 4.78 is 27.8. The van der Waals surface area contributed by atoms with Crippen molar-refractivity contribution in [2.24, 2.45) is 5.73 Å². The molecule has 0 spiro atoms. The summed E-state index contributed by atoms with van der Waals surface area (Å²) in [6, 6.07) is 6.88. The number of nitrogens with one attached hydrogen (secondary N) is 1. The van der Waals surface area contributed by atoms with Crippen molar-refractivity contribution in [2.45, 2.75) is 30.2 Å². The van der Waals surface area contributed by atoms with Gasteiger partial charge in [-0.2, -0.15) is 0 Å². The molecule has 0 unspecified atom stereocenters. The zero-order chi connectivity index (χ0) is 14.8. The summed E-state index contributed by atoms with van der Waals surface area (Å²) in [5.74, 6) is 0. The van der Waals surface area contributed by atoms with Crippen LogP contribution in [0.5, 0.6) is 0 Å². The van der Waals surface area contributed by atoms with Gasteiger partial charge in [0, 0.05) is 12.1 Å². The van der Waals surface area contributed by atoms with Crippen LogP contribution in [-0.2, 0) is 10.0 Å². The van der Waals surface area contributed by atoms with Gasteiger partial charge in [-0.25, -0.2) is 13.1 Å². The van der Waals surface area contributed by atoms with Crippen molar-refractivity contribution in [2.75, 3.05) is 26.7 Å². The summed E-state index contributed by atoms with van der Waals surface area (Å²) in [5, 5.41) is 0. The molecule has 20 heavy (non-hydrogen) atoms. The highest BCUT2D eigenvalue weighted by atomic mass is 32.2. The van der Waals surface area contributed by atoms with Gasteiger partial charge < -0.3 is 10.6 Å². The first-order valence-electron chi connectivity index (χ1n) is 6.86. The van der Waals surface area contributed by atoms with E-state index < -0.39 is 15.6 Å². The lowest BCUT2D eigenvalue weighted by Gasteiger charge is -2.40. The van der Waals surface area contributed by atoms with Gasteiger partial charge in [0.25, 0.3) is 0 Å². The summed E-state index contributed by atoms with van der Waals surface area (Å²) in [4.78, 5) is 2.49. The minimum absolute atomic E-state index is 0.301. The van der Waals surface area contributed by atoms with Gasteiger partial charge in [-0.15, -0.1) is 0 Å². The molecule has 1 aromatic rings. The Hall–Kier alpha value is -0.950. The molecule has 0 amide bonds. The Bertz CT molecular complexity index is 546. The Morgan fingerprint density at radius 1 is 1.25 bits per heavy atom. The van der Waals surface area contributed by atoms with Crippen LogP contribution in [0, 0.1) is 6.92 Å². The smallest absolute Gasteiger partial charge is 0.241 e. The predicted molar refractivity (Wildman–Crippen MR) is 80.0 cm³/mol. The molecule has 0 saturated carbocycles. The van der Waals surface area contributed by atoms with E-state index in [1.54, 1.807) is 24.3 Å². The molecule has 0 aromatic heterocycles. The topological polar surface area (TPSA) is 75.4 Å². The van der Waals surface area contributed by atoms with Crippen LogP contribution in [0.2, 0.25) is 0 Å². The fraction of sp³-hybridized carbons (Fsp3) is 0.571. The van der Waals surface area contributed by atoms with Crippen molar-refractivity contribution in [1.82, 2.24) is 9.62 Å². The Labute approximate surface area is 121 Å². The van der Waals surface area contributed by atoms with E-state index in [0.717, 1.165) is 31.5 Å². The largest absolute Gasteiger partial charge is 0.329 e. The number of likely N-dealkylation sites (tertiary alicyclic amines) is 1. The second-order valence-electron chi connectivity index (χ2n) is 5.71. The third-order valence-electron chi connectivity index (χ3n) is 4.02. The lowest BCUT2D eigenvalue weighted by molar-refractivity contribution is 0.182. The molecular weight excluding hydrogens is 274 g/mol. The van der Waals surface area contributed by atoms with E-state index in [9.17, 15) is 8.42 Å². The van der Waals surface area contributed by atoms with E-state index in [4.69, 9.17) is 5.73 Å². The molecule has 1 aromatic carbocycles. The first kappa shape index (κ1) is 15.4. The van der Waals surface area contributed by atoms with Gasteiger partial charge in [-0.3, -0.25) is 0 Å². The average Bonchev–Trinajstić information content (AvgIpc) is 2.42. The van der Waals surface area contributed by atoms with Crippen molar-refractivity contribution in [3.8, 4) is 0 Å². The summed E-state index contributed by atoms with van der Waals surface area (Å²) in [6.07, 6.45) is 1.48. The third-order valence-corrected chi connectivity index (χ3v) is 5.61. The molecule has 6 heteroatoms. The first-order chi connectivity index (χ1) is 9.37. The normalized spacial score (nSPS) is 19.9. The van der Waals surface area contributed by atoms with Crippen LogP contribution >= 0.6 is 0 Å². The monoisotopic (exact) mass is 297 g/mol. The molecule has 1 saturated heterocycles. The lowest BCUT2D eigenvalue weighted by Crippen LogP contribution is -2.58.